The Labute approximate surface area is 166 Å². The van der Waals surface area contributed by atoms with Gasteiger partial charge in [0.15, 0.2) is 0 Å². The summed E-state index contributed by atoms with van der Waals surface area (Å²) in [6.45, 7) is 1.34. The number of pyridine rings is 1. The van der Waals surface area contributed by atoms with E-state index >= 15 is 0 Å². The molecule has 0 spiro atoms. The Morgan fingerprint density at radius 3 is 2.24 bits per heavy atom. The van der Waals surface area contributed by atoms with Crippen molar-refractivity contribution in [2.45, 2.75) is 11.8 Å². The Kier molecular flexibility index (Phi) is 5.79. The molecule has 0 bridgehead atoms. The number of hydrogen-bond donors (Lipinski definition) is 3. The van der Waals surface area contributed by atoms with Crippen LogP contribution in [0.2, 0.25) is 0 Å². The van der Waals surface area contributed by atoms with Crippen LogP contribution in [0.3, 0.4) is 0 Å². The minimum atomic E-state index is -3.86. The van der Waals surface area contributed by atoms with Crippen LogP contribution < -0.4 is 15.4 Å². The number of anilines is 3. The summed E-state index contributed by atoms with van der Waals surface area (Å²) < 4.78 is 27.0. The number of nitrogens with zero attached hydrogens (tertiary/aromatic N) is 3. The molecule has 0 radical (unpaired) electrons. The number of benzene rings is 1. The predicted octanol–water partition coefficient (Wildman–Crippen LogP) is 1.88. The van der Waals surface area contributed by atoms with Gasteiger partial charge in [0.25, 0.3) is 15.9 Å². The van der Waals surface area contributed by atoms with Crippen LogP contribution in [0.25, 0.3) is 0 Å². The maximum Gasteiger partial charge on any atom is 0.264 e. The minimum absolute atomic E-state index is 0.0141. The molecule has 1 aromatic carbocycles. The van der Waals surface area contributed by atoms with Crippen LogP contribution in [0.1, 0.15) is 17.3 Å². The summed E-state index contributed by atoms with van der Waals surface area (Å²) in [5.41, 5.74) is 0.672. The zero-order valence-electron chi connectivity index (χ0n) is 15.2. The van der Waals surface area contributed by atoms with E-state index in [4.69, 9.17) is 0 Å². The van der Waals surface area contributed by atoms with Crippen molar-refractivity contribution >= 4 is 39.3 Å². The first-order valence-electron chi connectivity index (χ1n) is 8.28. The molecule has 29 heavy (non-hydrogen) atoms. The first-order valence-corrected chi connectivity index (χ1v) is 9.77. The number of amides is 2. The summed E-state index contributed by atoms with van der Waals surface area (Å²) in [5, 5.41) is 5.14. The molecule has 3 aromatic rings. The minimum Gasteiger partial charge on any atom is -0.322 e. The molecule has 2 aromatic heterocycles. The molecule has 0 unspecified atom stereocenters. The van der Waals surface area contributed by atoms with Gasteiger partial charge in [0.2, 0.25) is 11.9 Å². The van der Waals surface area contributed by atoms with E-state index in [1.54, 1.807) is 6.07 Å². The molecule has 0 aliphatic heterocycles. The lowest BCUT2D eigenvalue weighted by atomic mass is 10.2. The molecule has 11 heteroatoms. The van der Waals surface area contributed by atoms with E-state index in [-0.39, 0.29) is 28.1 Å². The van der Waals surface area contributed by atoms with E-state index in [2.05, 4.69) is 30.3 Å². The molecular weight excluding hydrogens is 396 g/mol. The highest BCUT2D eigenvalue weighted by atomic mass is 32.2. The lowest BCUT2D eigenvalue weighted by Gasteiger charge is -2.09. The van der Waals surface area contributed by atoms with Crippen LogP contribution in [0, 0.1) is 0 Å². The van der Waals surface area contributed by atoms with E-state index in [1.807, 2.05) is 0 Å². The van der Waals surface area contributed by atoms with E-state index in [9.17, 15) is 18.0 Å². The second-order valence-electron chi connectivity index (χ2n) is 5.77. The van der Waals surface area contributed by atoms with Crippen LogP contribution in [0.15, 0.2) is 66.0 Å². The Hall–Kier alpha value is -3.86. The molecule has 3 N–H and O–H groups in total. The van der Waals surface area contributed by atoms with Crippen LogP contribution >= 0.6 is 0 Å². The number of sulfonamides is 1. The van der Waals surface area contributed by atoms with Crippen molar-refractivity contribution in [3.8, 4) is 0 Å². The van der Waals surface area contributed by atoms with Crippen molar-refractivity contribution in [1.29, 1.82) is 0 Å². The van der Waals surface area contributed by atoms with Crippen LogP contribution in [0.4, 0.5) is 17.5 Å². The quantitative estimate of drug-likeness (QED) is 0.561. The monoisotopic (exact) mass is 412 g/mol. The van der Waals surface area contributed by atoms with Gasteiger partial charge < -0.3 is 10.6 Å². The Morgan fingerprint density at radius 1 is 0.897 bits per heavy atom. The van der Waals surface area contributed by atoms with Gasteiger partial charge in [0, 0.05) is 36.8 Å². The van der Waals surface area contributed by atoms with Crippen LogP contribution in [-0.2, 0) is 14.8 Å². The van der Waals surface area contributed by atoms with Crippen molar-refractivity contribution in [2.75, 3.05) is 15.4 Å². The van der Waals surface area contributed by atoms with Gasteiger partial charge in [0.05, 0.1) is 4.90 Å². The topological polar surface area (TPSA) is 143 Å². The Balaban J connectivity index is 1.70. The van der Waals surface area contributed by atoms with Gasteiger partial charge in [-0.15, -0.1) is 0 Å². The van der Waals surface area contributed by atoms with Gasteiger partial charge in [-0.05, 0) is 42.5 Å². The van der Waals surface area contributed by atoms with Crippen molar-refractivity contribution in [2.24, 2.45) is 0 Å². The highest BCUT2D eigenvalue weighted by Gasteiger charge is 2.16. The summed E-state index contributed by atoms with van der Waals surface area (Å²) in [4.78, 5) is 35.0. The van der Waals surface area contributed by atoms with E-state index < -0.39 is 15.9 Å². The summed E-state index contributed by atoms with van der Waals surface area (Å²) in [6.07, 6.45) is 4.23. The Morgan fingerprint density at radius 2 is 1.59 bits per heavy atom. The molecule has 0 saturated heterocycles. The summed E-state index contributed by atoms with van der Waals surface area (Å²) in [6, 6.07) is 10.1. The maximum atomic E-state index is 12.4. The van der Waals surface area contributed by atoms with Crippen LogP contribution in [-0.4, -0.2) is 35.2 Å². The molecule has 3 rings (SSSR count). The molecule has 0 saturated carbocycles. The lowest BCUT2D eigenvalue weighted by Crippen LogP contribution is -2.16. The average Bonchev–Trinajstić information content (AvgIpc) is 2.68. The third-order valence-corrected chi connectivity index (χ3v) is 4.88. The Bertz CT molecular complexity index is 1130. The molecule has 0 atom stereocenters. The fourth-order valence-corrected chi connectivity index (χ4v) is 3.23. The fraction of sp³-hybridized carbons (Fsp3) is 0.0556. The molecular formula is C18H16N6O4S. The first-order chi connectivity index (χ1) is 13.8. The van der Waals surface area contributed by atoms with Crippen molar-refractivity contribution in [3.63, 3.8) is 0 Å². The SMILES string of the molecule is CC(=O)Nc1cc(C(=O)Nc2ccc(S(=O)(=O)Nc3ncccn3)cc2)ccn1. The number of carbonyl (C=O) groups excluding carboxylic acids is 2. The molecule has 2 amide bonds. The average molecular weight is 412 g/mol. The zero-order chi connectivity index (χ0) is 20.9. The van der Waals surface area contributed by atoms with Crippen molar-refractivity contribution < 1.29 is 18.0 Å². The molecule has 10 nitrogen and oxygen atoms in total. The number of rotatable bonds is 6. The molecule has 2 heterocycles. The highest BCUT2D eigenvalue weighted by Crippen LogP contribution is 2.17. The highest BCUT2D eigenvalue weighted by molar-refractivity contribution is 7.92. The summed E-state index contributed by atoms with van der Waals surface area (Å²) >= 11 is 0. The maximum absolute atomic E-state index is 12.4. The smallest absolute Gasteiger partial charge is 0.264 e. The molecule has 0 fully saturated rings. The first kappa shape index (κ1) is 19.9. The van der Waals surface area contributed by atoms with Gasteiger partial charge in [-0.2, -0.15) is 0 Å². The molecule has 0 aliphatic rings. The predicted molar refractivity (Wildman–Crippen MR) is 106 cm³/mol. The fourth-order valence-electron chi connectivity index (χ4n) is 2.27. The number of carbonyl (C=O) groups is 2. The molecule has 0 aliphatic carbocycles. The lowest BCUT2D eigenvalue weighted by molar-refractivity contribution is -0.114. The van der Waals surface area contributed by atoms with E-state index in [1.165, 1.54) is 61.9 Å². The van der Waals surface area contributed by atoms with Crippen molar-refractivity contribution in [3.05, 3.63) is 66.6 Å². The van der Waals surface area contributed by atoms with E-state index in [0.29, 0.717) is 5.69 Å². The summed E-state index contributed by atoms with van der Waals surface area (Å²) in [5.74, 6) is -0.537. The summed E-state index contributed by atoms with van der Waals surface area (Å²) in [7, 11) is -3.86. The molecule has 148 valence electrons. The number of hydrogen-bond acceptors (Lipinski definition) is 7. The largest absolute Gasteiger partial charge is 0.322 e. The van der Waals surface area contributed by atoms with Gasteiger partial charge in [0.1, 0.15) is 5.82 Å². The normalized spacial score (nSPS) is 10.8. The van der Waals surface area contributed by atoms with Gasteiger partial charge >= 0.3 is 0 Å². The third-order valence-electron chi connectivity index (χ3n) is 3.54. The zero-order valence-corrected chi connectivity index (χ0v) is 16.0. The number of nitrogens with one attached hydrogen (secondary N) is 3. The van der Waals surface area contributed by atoms with Gasteiger partial charge in [-0.25, -0.2) is 28.1 Å². The number of aromatic nitrogens is 3. The van der Waals surface area contributed by atoms with E-state index in [0.717, 1.165) is 0 Å². The van der Waals surface area contributed by atoms with Gasteiger partial charge in [-0.1, -0.05) is 0 Å². The second kappa shape index (κ2) is 8.44. The second-order valence-corrected chi connectivity index (χ2v) is 7.45. The van der Waals surface area contributed by atoms with Crippen LogP contribution in [0.5, 0.6) is 0 Å². The third kappa shape index (κ3) is 5.32. The van der Waals surface area contributed by atoms with Crippen molar-refractivity contribution in [1.82, 2.24) is 15.0 Å². The van der Waals surface area contributed by atoms with Gasteiger partial charge in [-0.3, -0.25) is 9.59 Å². The standard InChI is InChI=1S/C18H16N6O4S/c1-12(25)22-16-11-13(7-10-19-16)17(26)23-14-3-5-15(6-4-14)29(27,28)24-18-20-8-2-9-21-18/h2-11H,1H3,(H,23,26)(H,19,22,25)(H,20,21,24).